The first-order valence-electron chi connectivity index (χ1n) is 6.51. The molecule has 0 radical (unpaired) electrons. The molecule has 16 heavy (non-hydrogen) atoms. The summed E-state index contributed by atoms with van der Waals surface area (Å²) >= 11 is 0. The standard InChI is InChI=1S/C14H26O2/c1-3-5-7-8-10-14(16)12-11-13(15)9-6-4-2/h4,14,16H,2-3,5-12H2,1H3. The van der Waals surface area contributed by atoms with Crippen molar-refractivity contribution in [2.75, 3.05) is 0 Å². The van der Waals surface area contributed by atoms with Gasteiger partial charge >= 0.3 is 0 Å². The van der Waals surface area contributed by atoms with Gasteiger partial charge in [-0.25, -0.2) is 0 Å². The molecule has 1 N–H and O–H groups in total. The predicted octanol–water partition coefficient (Wildman–Crippen LogP) is 3.63. The minimum absolute atomic E-state index is 0.243. The molecule has 0 saturated heterocycles. The van der Waals surface area contributed by atoms with Crippen LogP contribution in [0.5, 0.6) is 0 Å². The minimum atomic E-state index is -0.287. The second kappa shape index (κ2) is 10.9. The average molecular weight is 226 g/mol. The quantitative estimate of drug-likeness (QED) is 0.431. The molecule has 0 rings (SSSR count). The van der Waals surface area contributed by atoms with Crippen LogP contribution in [0.15, 0.2) is 12.7 Å². The third-order valence-corrected chi connectivity index (χ3v) is 2.77. The molecule has 1 atom stereocenters. The van der Waals surface area contributed by atoms with E-state index in [4.69, 9.17) is 0 Å². The van der Waals surface area contributed by atoms with Gasteiger partial charge in [-0.2, -0.15) is 0 Å². The van der Waals surface area contributed by atoms with Crippen molar-refractivity contribution in [3.8, 4) is 0 Å². The van der Waals surface area contributed by atoms with Crippen LogP contribution in [0.2, 0.25) is 0 Å². The summed E-state index contributed by atoms with van der Waals surface area (Å²) in [7, 11) is 0. The van der Waals surface area contributed by atoms with E-state index in [-0.39, 0.29) is 11.9 Å². The number of ketones is 1. The normalized spacial score (nSPS) is 12.4. The number of hydrogen-bond acceptors (Lipinski definition) is 2. The van der Waals surface area contributed by atoms with Crippen molar-refractivity contribution < 1.29 is 9.90 Å². The van der Waals surface area contributed by atoms with Crippen molar-refractivity contribution in [3.05, 3.63) is 12.7 Å². The largest absolute Gasteiger partial charge is 0.393 e. The Hall–Kier alpha value is -0.630. The van der Waals surface area contributed by atoms with E-state index in [0.717, 1.165) is 19.3 Å². The molecule has 0 saturated carbocycles. The fourth-order valence-corrected chi connectivity index (χ4v) is 1.67. The SMILES string of the molecule is C=CCCC(=O)CCC(O)CCCCCC. The molecule has 0 aliphatic carbocycles. The van der Waals surface area contributed by atoms with Gasteiger partial charge in [-0.3, -0.25) is 4.79 Å². The molecule has 0 heterocycles. The van der Waals surface area contributed by atoms with Crippen LogP contribution in [0.1, 0.15) is 64.7 Å². The highest BCUT2D eigenvalue weighted by Gasteiger charge is 2.07. The third-order valence-electron chi connectivity index (χ3n) is 2.77. The van der Waals surface area contributed by atoms with E-state index in [9.17, 15) is 9.90 Å². The Morgan fingerprint density at radius 2 is 2.00 bits per heavy atom. The fraction of sp³-hybridized carbons (Fsp3) is 0.786. The monoisotopic (exact) mass is 226 g/mol. The van der Waals surface area contributed by atoms with E-state index >= 15 is 0 Å². The van der Waals surface area contributed by atoms with Crippen molar-refractivity contribution in [1.82, 2.24) is 0 Å². The van der Waals surface area contributed by atoms with E-state index in [1.807, 2.05) is 0 Å². The van der Waals surface area contributed by atoms with E-state index in [2.05, 4.69) is 13.5 Å². The summed E-state index contributed by atoms with van der Waals surface area (Å²) < 4.78 is 0. The molecule has 0 aliphatic heterocycles. The highest BCUT2D eigenvalue weighted by Crippen LogP contribution is 2.10. The first kappa shape index (κ1) is 15.4. The average Bonchev–Trinajstić information content (AvgIpc) is 2.29. The number of unbranched alkanes of at least 4 members (excludes halogenated alkanes) is 3. The maximum absolute atomic E-state index is 11.3. The first-order valence-corrected chi connectivity index (χ1v) is 6.51. The Kier molecular flexibility index (Phi) is 10.4. The lowest BCUT2D eigenvalue weighted by Gasteiger charge is -2.09. The Labute approximate surface area is 99.7 Å². The summed E-state index contributed by atoms with van der Waals surface area (Å²) in [5.74, 6) is 0.243. The van der Waals surface area contributed by atoms with Crippen LogP contribution in [0, 0.1) is 0 Å². The first-order chi connectivity index (χ1) is 7.70. The van der Waals surface area contributed by atoms with E-state index in [1.165, 1.54) is 19.3 Å². The summed E-state index contributed by atoms with van der Waals surface area (Å²) in [6, 6.07) is 0. The second-order valence-corrected chi connectivity index (χ2v) is 4.41. The van der Waals surface area contributed by atoms with E-state index in [0.29, 0.717) is 19.3 Å². The number of rotatable bonds is 11. The van der Waals surface area contributed by atoms with E-state index < -0.39 is 0 Å². The summed E-state index contributed by atoms with van der Waals surface area (Å²) in [4.78, 5) is 11.3. The molecule has 0 spiro atoms. The molecule has 0 amide bonds. The van der Waals surface area contributed by atoms with Gasteiger partial charge in [0.2, 0.25) is 0 Å². The van der Waals surface area contributed by atoms with Crippen molar-refractivity contribution >= 4 is 5.78 Å². The lowest BCUT2D eigenvalue weighted by atomic mass is 10.0. The van der Waals surface area contributed by atoms with Gasteiger partial charge in [0, 0.05) is 12.8 Å². The van der Waals surface area contributed by atoms with Crippen LogP contribution >= 0.6 is 0 Å². The zero-order valence-corrected chi connectivity index (χ0v) is 10.6. The van der Waals surface area contributed by atoms with Crippen molar-refractivity contribution in [2.24, 2.45) is 0 Å². The number of Topliss-reactive ketones (excluding diaryl/α,β-unsaturated/α-hetero) is 1. The number of carbonyl (C=O) groups excluding carboxylic acids is 1. The maximum atomic E-state index is 11.3. The molecular weight excluding hydrogens is 200 g/mol. The lowest BCUT2D eigenvalue weighted by molar-refractivity contribution is -0.119. The number of aliphatic hydroxyl groups is 1. The van der Waals surface area contributed by atoms with Crippen LogP contribution in [0.3, 0.4) is 0 Å². The lowest BCUT2D eigenvalue weighted by Crippen LogP contribution is -2.09. The van der Waals surface area contributed by atoms with Crippen molar-refractivity contribution in [3.63, 3.8) is 0 Å². The zero-order valence-electron chi connectivity index (χ0n) is 10.6. The molecular formula is C14H26O2. The highest BCUT2D eigenvalue weighted by atomic mass is 16.3. The van der Waals surface area contributed by atoms with E-state index in [1.54, 1.807) is 6.08 Å². The van der Waals surface area contributed by atoms with Crippen molar-refractivity contribution in [1.29, 1.82) is 0 Å². The maximum Gasteiger partial charge on any atom is 0.133 e. The third kappa shape index (κ3) is 9.91. The molecule has 0 aromatic heterocycles. The Morgan fingerprint density at radius 3 is 2.62 bits per heavy atom. The van der Waals surface area contributed by atoms with Gasteiger partial charge in [0.1, 0.15) is 5.78 Å². The number of hydrogen-bond donors (Lipinski definition) is 1. The minimum Gasteiger partial charge on any atom is -0.393 e. The number of allylic oxidation sites excluding steroid dienone is 1. The summed E-state index contributed by atoms with van der Waals surface area (Å²) in [6.07, 6.45) is 9.52. The van der Waals surface area contributed by atoms with Crippen LogP contribution < -0.4 is 0 Å². The number of carbonyl (C=O) groups is 1. The van der Waals surface area contributed by atoms with Gasteiger partial charge in [0.25, 0.3) is 0 Å². The molecule has 0 aromatic rings. The van der Waals surface area contributed by atoms with Crippen LogP contribution in [-0.4, -0.2) is 17.0 Å². The van der Waals surface area contributed by atoms with Gasteiger partial charge in [-0.1, -0.05) is 38.7 Å². The Bertz CT molecular complexity index is 187. The van der Waals surface area contributed by atoms with Gasteiger partial charge < -0.3 is 5.11 Å². The molecule has 2 nitrogen and oxygen atoms in total. The van der Waals surface area contributed by atoms with Crippen molar-refractivity contribution in [2.45, 2.75) is 70.8 Å². The Balaban J connectivity index is 3.38. The molecule has 2 heteroatoms. The summed E-state index contributed by atoms with van der Waals surface area (Å²) in [5.41, 5.74) is 0. The topological polar surface area (TPSA) is 37.3 Å². The predicted molar refractivity (Wildman–Crippen MR) is 68.4 cm³/mol. The van der Waals surface area contributed by atoms with Gasteiger partial charge in [0.05, 0.1) is 6.10 Å². The Morgan fingerprint density at radius 1 is 1.25 bits per heavy atom. The van der Waals surface area contributed by atoms with Gasteiger partial charge in [-0.15, -0.1) is 6.58 Å². The second-order valence-electron chi connectivity index (χ2n) is 4.41. The molecule has 94 valence electrons. The van der Waals surface area contributed by atoms with Crippen LogP contribution in [-0.2, 0) is 4.79 Å². The summed E-state index contributed by atoms with van der Waals surface area (Å²) in [5, 5.41) is 9.65. The number of aliphatic hydroxyl groups excluding tert-OH is 1. The summed E-state index contributed by atoms with van der Waals surface area (Å²) in [6.45, 7) is 5.76. The molecule has 1 unspecified atom stereocenters. The fourth-order valence-electron chi connectivity index (χ4n) is 1.67. The van der Waals surface area contributed by atoms with Gasteiger partial charge in [-0.05, 0) is 19.3 Å². The smallest absolute Gasteiger partial charge is 0.133 e. The molecule has 0 aromatic carbocycles. The van der Waals surface area contributed by atoms with Crippen LogP contribution in [0.25, 0.3) is 0 Å². The van der Waals surface area contributed by atoms with Crippen LogP contribution in [0.4, 0.5) is 0 Å². The molecule has 0 bridgehead atoms. The molecule has 0 aliphatic rings. The highest BCUT2D eigenvalue weighted by molar-refractivity contribution is 5.78. The van der Waals surface area contributed by atoms with Gasteiger partial charge in [0.15, 0.2) is 0 Å². The zero-order chi connectivity index (χ0) is 12.2. The molecule has 0 fully saturated rings.